The van der Waals surface area contributed by atoms with E-state index in [9.17, 15) is 86.5 Å². The van der Waals surface area contributed by atoms with E-state index in [4.69, 9.17) is 47.4 Å². The fraction of sp³-hybridized carbons (Fsp3) is 0.949. The Morgan fingerprint density at radius 1 is 0.547 bits per heavy atom. The highest BCUT2D eigenvalue weighted by molar-refractivity contribution is 5.73. The SMILES string of the molecule is C[C@H]1O[C@@H](O[C@H]2[C@H](O[C@H]3[C@H](OC4CC(C)(CO)C5CCC6(C)C(CC=C7C8CC(C)(C)CC(O[C@@H]9OC[C@@H](O)[C@@H](O)[C@H]9O[C@@H]9O[C@H](CO)[C@@H](O)[C@@H](O)[C@H]9O)C8(C)CCC76C)C5(C)C4)O[C@H](C(=O)O)[C@@H](O)[C@H]3O)O[C@H](CO)[C@H](O)[C@H]2O)[C@H](O)[C@H](O)[C@H]1O. The average molecular weight is 1240 g/mol. The number of aliphatic hydroxyl groups is 15. The van der Waals surface area contributed by atoms with E-state index in [-0.39, 0.29) is 53.6 Å². The summed E-state index contributed by atoms with van der Waals surface area (Å²) >= 11 is 0. The van der Waals surface area contributed by atoms with Gasteiger partial charge in [0.1, 0.15) is 104 Å². The number of hydrogen-bond donors (Lipinski definition) is 16. The van der Waals surface area contributed by atoms with E-state index >= 15 is 0 Å². The maximum absolute atomic E-state index is 12.7. The van der Waals surface area contributed by atoms with Gasteiger partial charge in [-0.15, -0.1) is 0 Å². The van der Waals surface area contributed by atoms with Gasteiger partial charge in [0, 0.05) is 12.0 Å². The van der Waals surface area contributed by atoms with Crippen LogP contribution in [-0.2, 0) is 52.2 Å². The first-order valence-corrected chi connectivity index (χ1v) is 30.7. The minimum atomic E-state index is -2.13. The van der Waals surface area contributed by atoms with Crippen molar-refractivity contribution in [2.24, 2.45) is 50.2 Å². The molecular formula is C59H96O27. The second-order valence-corrected chi connectivity index (χ2v) is 28.9. The van der Waals surface area contributed by atoms with E-state index in [1.54, 1.807) is 0 Å². The normalized spacial score (nSPS) is 55.7. The highest BCUT2D eigenvalue weighted by Gasteiger charge is 2.70. The molecule has 0 amide bonds. The molecule has 5 aliphatic heterocycles. The van der Waals surface area contributed by atoms with Gasteiger partial charge in [0.05, 0.1) is 38.1 Å². The summed E-state index contributed by atoms with van der Waals surface area (Å²) in [7, 11) is 0. The zero-order chi connectivity index (χ0) is 62.9. The van der Waals surface area contributed by atoms with Crippen LogP contribution in [0.15, 0.2) is 11.6 Å². The Kier molecular flexibility index (Phi) is 19.2. The van der Waals surface area contributed by atoms with E-state index in [1.165, 1.54) is 12.5 Å². The third-order valence-electron chi connectivity index (χ3n) is 23.1. The van der Waals surface area contributed by atoms with Crippen molar-refractivity contribution in [3.8, 4) is 0 Å². The molecule has 0 bridgehead atoms. The molecule has 10 unspecified atom stereocenters. The van der Waals surface area contributed by atoms with Crippen LogP contribution in [0.5, 0.6) is 0 Å². The summed E-state index contributed by atoms with van der Waals surface area (Å²) in [6, 6.07) is 0. The average Bonchev–Trinajstić information content (AvgIpc) is 0.687. The monoisotopic (exact) mass is 1240 g/mol. The van der Waals surface area contributed by atoms with Gasteiger partial charge < -0.3 is 129 Å². The molecule has 0 aromatic heterocycles. The van der Waals surface area contributed by atoms with Crippen molar-refractivity contribution in [1.29, 1.82) is 0 Å². The minimum Gasteiger partial charge on any atom is -0.479 e. The van der Waals surface area contributed by atoms with Crippen LogP contribution in [0.25, 0.3) is 0 Å². The van der Waals surface area contributed by atoms with Crippen molar-refractivity contribution in [3.63, 3.8) is 0 Å². The van der Waals surface area contributed by atoms with Crippen LogP contribution < -0.4 is 0 Å². The number of ether oxygens (including phenoxy) is 10. The summed E-state index contributed by atoms with van der Waals surface area (Å²) in [6.07, 6.45) is -34.2. The highest BCUT2D eigenvalue weighted by atomic mass is 16.8. The lowest BCUT2D eigenvalue weighted by molar-refractivity contribution is -0.394. The highest BCUT2D eigenvalue weighted by Crippen LogP contribution is 2.76. The van der Waals surface area contributed by atoms with Gasteiger partial charge in [0.2, 0.25) is 0 Å². The zero-order valence-corrected chi connectivity index (χ0v) is 50.2. The number of allylic oxidation sites excluding steroid dienone is 2. The molecule has 34 atom stereocenters. The second-order valence-electron chi connectivity index (χ2n) is 28.9. The molecule has 9 fully saturated rings. The lowest BCUT2D eigenvalue weighted by atomic mass is 9.33. The maximum atomic E-state index is 12.7. The number of carbonyl (C=O) groups is 1. The Morgan fingerprint density at radius 2 is 1.10 bits per heavy atom. The van der Waals surface area contributed by atoms with E-state index in [1.807, 2.05) is 6.92 Å². The summed E-state index contributed by atoms with van der Waals surface area (Å²) in [4.78, 5) is 12.7. The fourth-order valence-electron chi connectivity index (χ4n) is 17.9. The van der Waals surface area contributed by atoms with Crippen LogP contribution in [0.3, 0.4) is 0 Å². The van der Waals surface area contributed by atoms with E-state index in [0.717, 1.165) is 25.7 Å². The molecule has 494 valence electrons. The van der Waals surface area contributed by atoms with Crippen LogP contribution in [0.1, 0.15) is 113 Å². The van der Waals surface area contributed by atoms with Gasteiger partial charge in [-0.2, -0.15) is 0 Å². The fourth-order valence-corrected chi connectivity index (χ4v) is 17.9. The Bertz CT molecular complexity index is 2400. The van der Waals surface area contributed by atoms with Gasteiger partial charge in [-0.05, 0) is 110 Å². The van der Waals surface area contributed by atoms with E-state index < -0.39 is 195 Å². The van der Waals surface area contributed by atoms with Crippen LogP contribution >= 0.6 is 0 Å². The number of carboxylic acid groups (broad SMARTS) is 1. The smallest absolute Gasteiger partial charge is 0.335 e. The summed E-state index contributed by atoms with van der Waals surface area (Å²) in [5.41, 5.74) is -1.60. The van der Waals surface area contributed by atoms with Crippen LogP contribution in [0.2, 0.25) is 0 Å². The third kappa shape index (κ3) is 11.3. The summed E-state index contributed by atoms with van der Waals surface area (Å²) in [5, 5.41) is 174. The zero-order valence-electron chi connectivity index (χ0n) is 50.2. The van der Waals surface area contributed by atoms with Crippen molar-refractivity contribution >= 4 is 5.97 Å². The first-order chi connectivity index (χ1) is 40.2. The number of aliphatic carboxylic acids is 1. The standard InChI is InChI=1S/C59H96O27/c1-23-33(64)37(68)42(73)49(78-23)85-46-39(70)36(67)29(20-61)81-53(46)86-47-41(72)40(71)44(48(75)76)83-52(47)79-24-15-55(4,22-62)30-11-12-59(8)31(57(30,6)16-24)10-9-25-26-17-54(2,3)18-32(56(26,5)13-14-58(25,59)7)82-51-45(34(65)27(63)21-77-51)84-50-43(74)38(69)35(66)28(19-60)80-50/h9,23-24,26-47,49-53,60-74H,10-22H2,1-8H3,(H,75,76)/t23-,24?,26?,27-,28-,29-,30?,31?,32?,33+,34-,35-,36+,37-,38-,39-,40+,41-,42-,43-,44+,45-,46-,47-,49+,50+,51+,52-,53+,55?,56?,57?,58?,59?/m1/s1. The summed E-state index contributed by atoms with van der Waals surface area (Å²) in [5.74, 6) is -1.72. The third-order valence-corrected chi connectivity index (χ3v) is 23.1. The van der Waals surface area contributed by atoms with Crippen molar-refractivity contribution in [2.45, 2.75) is 273 Å². The molecule has 0 radical (unpaired) electrons. The van der Waals surface area contributed by atoms with Gasteiger partial charge >= 0.3 is 5.97 Å². The predicted octanol–water partition coefficient (Wildman–Crippen LogP) is -3.01. The quantitative estimate of drug-likeness (QED) is 0.0608. The minimum absolute atomic E-state index is 0.0183. The topological polar surface area (TPSA) is 433 Å². The number of aliphatic hydroxyl groups excluding tert-OH is 15. The molecule has 0 aromatic carbocycles. The molecule has 5 heterocycles. The van der Waals surface area contributed by atoms with Crippen molar-refractivity contribution in [1.82, 2.24) is 0 Å². The van der Waals surface area contributed by atoms with Crippen molar-refractivity contribution in [2.75, 3.05) is 26.4 Å². The molecule has 5 aliphatic carbocycles. The molecule has 4 saturated carbocycles. The van der Waals surface area contributed by atoms with Crippen LogP contribution in [0, 0.1) is 50.2 Å². The molecule has 10 rings (SSSR count). The van der Waals surface area contributed by atoms with Gasteiger partial charge in [0.15, 0.2) is 37.6 Å². The van der Waals surface area contributed by atoms with E-state index in [2.05, 4.69) is 47.6 Å². The lowest BCUT2D eigenvalue weighted by Gasteiger charge is -2.72. The van der Waals surface area contributed by atoms with Gasteiger partial charge in [-0.3, -0.25) is 0 Å². The van der Waals surface area contributed by atoms with Crippen molar-refractivity contribution in [3.05, 3.63) is 11.6 Å². The first-order valence-electron chi connectivity index (χ1n) is 30.7. The van der Waals surface area contributed by atoms with Crippen LogP contribution in [0.4, 0.5) is 0 Å². The van der Waals surface area contributed by atoms with Gasteiger partial charge in [-0.25, -0.2) is 4.79 Å². The predicted molar refractivity (Wildman–Crippen MR) is 290 cm³/mol. The molecule has 27 heteroatoms. The maximum Gasteiger partial charge on any atom is 0.335 e. The largest absolute Gasteiger partial charge is 0.479 e. The number of fused-ring (bicyclic) bond motifs is 7. The van der Waals surface area contributed by atoms with Crippen molar-refractivity contribution < 1.29 is 134 Å². The lowest BCUT2D eigenvalue weighted by Crippen LogP contribution is -2.68. The Balaban J connectivity index is 0.925. The van der Waals surface area contributed by atoms with E-state index in [0.29, 0.717) is 25.7 Å². The van der Waals surface area contributed by atoms with Crippen LogP contribution in [-0.4, -0.2) is 274 Å². The Morgan fingerprint density at radius 3 is 1.72 bits per heavy atom. The second kappa shape index (κ2) is 24.6. The molecule has 10 aliphatic rings. The molecule has 86 heavy (non-hydrogen) atoms. The van der Waals surface area contributed by atoms with Gasteiger partial charge in [-0.1, -0.05) is 60.1 Å². The Labute approximate surface area is 499 Å². The molecule has 16 N–H and O–H groups in total. The first kappa shape index (κ1) is 67.1. The number of carboxylic acids is 1. The molecule has 0 spiro atoms. The van der Waals surface area contributed by atoms with Gasteiger partial charge in [0.25, 0.3) is 0 Å². The molecule has 27 nitrogen and oxygen atoms in total. The summed E-state index contributed by atoms with van der Waals surface area (Å²) < 4.78 is 61.5. The molecule has 5 saturated heterocycles. The molecular weight excluding hydrogens is 1140 g/mol. The summed E-state index contributed by atoms with van der Waals surface area (Å²) in [6.45, 7) is 14.8. The molecule has 0 aromatic rings. The number of hydrogen-bond acceptors (Lipinski definition) is 26. The Hall–Kier alpha value is -1.79. The number of rotatable bonds is 14.